The quantitative estimate of drug-likeness (QED) is 0.437. The summed E-state index contributed by atoms with van der Waals surface area (Å²) >= 11 is 1.31. The summed E-state index contributed by atoms with van der Waals surface area (Å²) in [6, 6.07) is 14.3. The maximum atomic E-state index is 12.2. The summed E-state index contributed by atoms with van der Waals surface area (Å²) in [5.41, 5.74) is 2.12. The molecule has 156 valence electrons. The van der Waals surface area contributed by atoms with Gasteiger partial charge in [0.1, 0.15) is 11.6 Å². The molecule has 3 rings (SSSR count). The molecule has 1 heterocycles. The van der Waals surface area contributed by atoms with E-state index in [-0.39, 0.29) is 11.7 Å². The number of carbonyl (C=O) groups excluding carboxylic acids is 2. The van der Waals surface area contributed by atoms with Crippen molar-refractivity contribution in [2.24, 2.45) is 7.05 Å². The number of amides is 1. The largest absolute Gasteiger partial charge is 0.497 e. The number of anilines is 1. The van der Waals surface area contributed by atoms with Gasteiger partial charge in [-0.25, -0.2) is 4.79 Å². The first-order chi connectivity index (χ1) is 14.5. The second-order valence-electron chi connectivity index (χ2n) is 6.39. The highest BCUT2D eigenvalue weighted by Gasteiger charge is 2.13. The molecule has 1 amide bonds. The van der Waals surface area contributed by atoms with Crippen molar-refractivity contribution in [1.82, 2.24) is 14.8 Å². The third-order valence-electron chi connectivity index (χ3n) is 4.37. The van der Waals surface area contributed by atoms with Gasteiger partial charge in [0.05, 0.1) is 25.5 Å². The lowest BCUT2D eigenvalue weighted by Crippen LogP contribution is -2.14. The highest BCUT2D eigenvalue weighted by atomic mass is 32.2. The Morgan fingerprint density at radius 1 is 1.03 bits per heavy atom. The zero-order chi connectivity index (χ0) is 21.5. The highest BCUT2D eigenvalue weighted by molar-refractivity contribution is 7.99. The van der Waals surface area contributed by atoms with Gasteiger partial charge in [-0.3, -0.25) is 4.79 Å². The molecule has 2 aromatic carbocycles. The number of aromatic nitrogens is 3. The fourth-order valence-electron chi connectivity index (χ4n) is 2.69. The number of carbonyl (C=O) groups is 2. The molecular weight excluding hydrogens is 404 g/mol. The minimum absolute atomic E-state index is 0.175. The smallest absolute Gasteiger partial charge is 0.337 e. The maximum Gasteiger partial charge on any atom is 0.337 e. The van der Waals surface area contributed by atoms with Crippen LogP contribution >= 0.6 is 11.8 Å². The lowest BCUT2D eigenvalue weighted by Gasteiger charge is -2.07. The zero-order valence-electron chi connectivity index (χ0n) is 16.9. The standard InChI is InChI=1S/C21H22N4O4S/c1-25-18(12-14-4-10-17(28-2)11-5-14)23-24-21(25)30-13-19(26)22-16-8-6-15(7-9-16)20(27)29-3/h4-11H,12-13H2,1-3H3,(H,22,26). The Morgan fingerprint density at radius 2 is 1.73 bits per heavy atom. The molecule has 0 aliphatic carbocycles. The molecule has 0 aliphatic heterocycles. The maximum absolute atomic E-state index is 12.2. The van der Waals surface area contributed by atoms with Crippen molar-refractivity contribution < 1.29 is 19.1 Å². The van der Waals surface area contributed by atoms with Crippen molar-refractivity contribution in [2.45, 2.75) is 11.6 Å². The summed E-state index contributed by atoms with van der Waals surface area (Å²) in [4.78, 5) is 23.7. The molecule has 9 heteroatoms. The Labute approximate surface area is 178 Å². The van der Waals surface area contributed by atoms with Crippen LogP contribution in [0.25, 0.3) is 0 Å². The normalized spacial score (nSPS) is 10.5. The topological polar surface area (TPSA) is 95.3 Å². The fraction of sp³-hybridized carbons (Fsp3) is 0.238. The third-order valence-corrected chi connectivity index (χ3v) is 5.39. The number of benzene rings is 2. The Kier molecular flexibility index (Phi) is 7.08. The summed E-state index contributed by atoms with van der Waals surface area (Å²) in [6.45, 7) is 0. The number of nitrogens with zero attached hydrogens (tertiary/aromatic N) is 3. The van der Waals surface area contributed by atoms with Gasteiger partial charge in [-0.15, -0.1) is 10.2 Å². The molecule has 0 saturated carbocycles. The van der Waals surface area contributed by atoms with Crippen LogP contribution in [0.5, 0.6) is 5.75 Å². The molecule has 0 unspecified atom stereocenters. The highest BCUT2D eigenvalue weighted by Crippen LogP contribution is 2.19. The number of methoxy groups -OCH3 is 2. The first-order valence-electron chi connectivity index (χ1n) is 9.12. The monoisotopic (exact) mass is 426 g/mol. The lowest BCUT2D eigenvalue weighted by atomic mass is 10.1. The van der Waals surface area contributed by atoms with E-state index in [0.717, 1.165) is 17.1 Å². The summed E-state index contributed by atoms with van der Waals surface area (Å²) < 4.78 is 11.7. The SMILES string of the molecule is COC(=O)c1ccc(NC(=O)CSc2nnc(Cc3ccc(OC)cc3)n2C)cc1. The predicted molar refractivity (Wildman–Crippen MR) is 114 cm³/mol. The molecular formula is C21H22N4O4S. The van der Waals surface area contributed by atoms with Crippen LogP contribution in [-0.2, 0) is 23.0 Å². The van der Waals surface area contributed by atoms with Crippen LogP contribution in [0.15, 0.2) is 53.7 Å². The first-order valence-corrected chi connectivity index (χ1v) is 10.1. The summed E-state index contributed by atoms with van der Waals surface area (Å²) in [5.74, 6) is 1.20. The first kappa shape index (κ1) is 21.4. The van der Waals surface area contributed by atoms with E-state index >= 15 is 0 Å². The van der Waals surface area contributed by atoms with Gasteiger partial charge in [-0.05, 0) is 42.0 Å². The van der Waals surface area contributed by atoms with Crippen molar-refractivity contribution in [3.8, 4) is 5.75 Å². The van der Waals surface area contributed by atoms with Crippen molar-refractivity contribution in [1.29, 1.82) is 0 Å². The van der Waals surface area contributed by atoms with Gasteiger partial charge in [0.2, 0.25) is 5.91 Å². The Bertz CT molecular complexity index is 1020. The summed E-state index contributed by atoms with van der Waals surface area (Å²) in [5, 5.41) is 11.9. The van der Waals surface area contributed by atoms with Crippen molar-refractivity contribution in [3.05, 3.63) is 65.5 Å². The van der Waals surface area contributed by atoms with E-state index in [9.17, 15) is 9.59 Å². The van der Waals surface area contributed by atoms with Crippen LogP contribution < -0.4 is 10.1 Å². The van der Waals surface area contributed by atoms with Crippen LogP contribution in [-0.4, -0.2) is 46.6 Å². The van der Waals surface area contributed by atoms with E-state index in [1.807, 2.05) is 35.9 Å². The minimum Gasteiger partial charge on any atom is -0.497 e. The molecule has 1 N–H and O–H groups in total. The number of nitrogens with one attached hydrogen (secondary N) is 1. The van der Waals surface area contributed by atoms with Crippen LogP contribution in [0.1, 0.15) is 21.7 Å². The van der Waals surface area contributed by atoms with Crippen molar-refractivity contribution in [3.63, 3.8) is 0 Å². The van der Waals surface area contributed by atoms with Crippen LogP contribution in [0.2, 0.25) is 0 Å². The van der Waals surface area contributed by atoms with E-state index in [0.29, 0.717) is 22.8 Å². The molecule has 0 radical (unpaired) electrons. The van der Waals surface area contributed by atoms with Gasteiger partial charge in [-0.1, -0.05) is 23.9 Å². The lowest BCUT2D eigenvalue weighted by molar-refractivity contribution is -0.113. The van der Waals surface area contributed by atoms with E-state index < -0.39 is 5.97 Å². The number of thioether (sulfide) groups is 1. The molecule has 0 fully saturated rings. The zero-order valence-corrected chi connectivity index (χ0v) is 17.7. The Morgan fingerprint density at radius 3 is 2.37 bits per heavy atom. The van der Waals surface area contributed by atoms with Crippen LogP contribution in [0.3, 0.4) is 0 Å². The third kappa shape index (κ3) is 5.38. The summed E-state index contributed by atoms with van der Waals surface area (Å²) in [6.07, 6.45) is 0.632. The molecule has 0 spiro atoms. The fourth-order valence-corrected chi connectivity index (χ4v) is 3.42. The molecule has 1 aromatic heterocycles. The molecule has 0 saturated heterocycles. The molecule has 0 atom stereocenters. The molecule has 8 nitrogen and oxygen atoms in total. The summed E-state index contributed by atoms with van der Waals surface area (Å²) in [7, 11) is 4.84. The average Bonchev–Trinajstić information content (AvgIpc) is 3.12. The van der Waals surface area contributed by atoms with E-state index in [2.05, 4.69) is 20.3 Å². The van der Waals surface area contributed by atoms with Gasteiger partial charge < -0.3 is 19.4 Å². The number of rotatable bonds is 8. The average molecular weight is 426 g/mol. The van der Waals surface area contributed by atoms with Gasteiger partial charge in [0.25, 0.3) is 0 Å². The van der Waals surface area contributed by atoms with Crippen molar-refractivity contribution in [2.75, 3.05) is 25.3 Å². The Hall–Kier alpha value is -3.33. The molecule has 3 aromatic rings. The minimum atomic E-state index is -0.420. The number of esters is 1. The van der Waals surface area contributed by atoms with Crippen LogP contribution in [0, 0.1) is 0 Å². The molecule has 0 aliphatic rings. The van der Waals surface area contributed by atoms with E-state index in [4.69, 9.17) is 4.74 Å². The Balaban J connectivity index is 1.54. The van der Waals surface area contributed by atoms with Crippen molar-refractivity contribution >= 4 is 29.3 Å². The predicted octanol–water partition coefficient (Wildman–Crippen LogP) is 2.93. The van der Waals surface area contributed by atoms with E-state index in [1.54, 1.807) is 31.4 Å². The second-order valence-corrected chi connectivity index (χ2v) is 7.33. The van der Waals surface area contributed by atoms with Gasteiger partial charge in [0.15, 0.2) is 5.16 Å². The number of hydrogen-bond acceptors (Lipinski definition) is 7. The second kappa shape index (κ2) is 9.93. The van der Waals surface area contributed by atoms with E-state index in [1.165, 1.54) is 18.9 Å². The van der Waals surface area contributed by atoms with Gasteiger partial charge in [0, 0.05) is 19.2 Å². The number of hydrogen-bond donors (Lipinski definition) is 1. The molecule has 0 bridgehead atoms. The van der Waals surface area contributed by atoms with Crippen LogP contribution in [0.4, 0.5) is 5.69 Å². The number of ether oxygens (including phenoxy) is 2. The molecule has 30 heavy (non-hydrogen) atoms. The van der Waals surface area contributed by atoms with Gasteiger partial charge in [-0.2, -0.15) is 0 Å². The van der Waals surface area contributed by atoms with Gasteiger partial charge >= 0.3 is 5.97 Å².